The van der Waals surface area contributed by atoms with Gasteiger partial charge in [0, 0.05) is 6.42 Å². The van der Waals surface area contributed by atoms with Gasteiger partial charge in [0.25, 0.3) is 0 Å². The van der Waals surface area contributed by atoms with E-state index >= 15 is 0 Å². The van der Waals surface area contributed by atoms with Crippen LogP contribution in [-0.4, -0.2) is 34.8 Å². The molecule has 8 heteroatoms. The predicted molar refractivity (Wildman–Crippen MR) is 58.9 cm³/mol. The van der Waals surface area contributed by atoms with E-state index in [2.05, 4.69) is 20.6 Å². The maximum atomic E-state index is 10.6. The molecule has 0 unspecified atom stereocenters. The van der Waals surface area contributed by atoms with Gasteiger partial charge in [0.05, 0.1) is 5.75 Å². The lowest BCUT2D eigenvalue weighted by Crippen LogP contribution is -2.16. The summed E-state index contributed by atoms with van der Waals surface area (Å²) in [4.78, 5) is 0. The number of primary sulfonamides is 1. The molecule has 0 bridgehead atoms. The Bertz CT molecular complexity index is 375. The monoisotopic (exact) mass is 247 g/mol. The second kappa shape index (κ2) is 6.54. The second-order valence-electron chi connectivity index (χ2n) is 3.71. The van der Waals surface area contributed by atoms with Crippen molar-refractivity contribution in [2.24, 2.45) is 5.14 Å². The minimum absolute atomic E-state index is 0.0812. The topological polar surface area (TPSA) is 115 Å². The van der Waals surface area contributed by atoms with Crippen molar-refractivity contribution in [3.05, 3.63) is 5.82 Å². The number of aryl methyl sites for hydroxylation is 1. The highest BCUT2D eigenvalue weighted by Crippen LogP contribution is 2.06. The van der Waals surface area contributed by atoms with E-state index in [1.807, 2.05) is 0 Å². The van der Waals surface area contributed by atoms with Crippen LogP contribution in [0.1, 0.15) is 37.9 Å². The summed E-state index contributed by atoms with van der Waals surface area (Å²) >= 11 is 0. The Hall–Kier alpha value is -1.02. The van der Waals surface area contributed by atoms with Crippen molar-refractivity contribution >= 4 is 10.0 Å². The van der Waals surface area contributed by atoms with Gasteiger partial charge < -0.3 is 0 Å². The van der Waals surface area contributed by atoms with Gasteiger partial charge in [-0.25, -0.2) is 13.6 Å². The van der Waals surface area contributed by atoms with E-state index in [-0.39, 0.29) is 5.75 Å². The van der Waals surface area contributed by atoms with E-state index < -0.39 is 10.0 Å². The molecule has 0 atom stereocenters. The summed E-state index contributed by atoms with van der Waals surface area (Å²) < 4.78 is 21.3. The van der Waals surface area contributed by atoms with Gasteiger partial charge in [-0.2, -0.15) is 5.21 Å². The quantitative estimate of drug-likeness (QED) is 0.626. The summed E-state index contributed by atoms with van der Waals surface area (Å²) in [7, 11) is -3.28. The van der Waals surface area contributed by atoms with Crippen molar-refractivity contribution in [2.45, 2.75) is 38.5 Å². The number of sulfonamides is 1. The molecule has 0 aromatic carbocycles. The van der Waals surface area contributed by atoms with Gasteiger partial charge in [0.1, 0.15) is 0 Å². The van der Waals surface area contributed by atoms with E-state index in [0.29, 0.717) is 6.42 Å². The molecule has 16 heavy (non-hydrogen) atoms. The normalized spacial score (nSPS) is 11.8. The maximum Gasteiger partial charge on any atom is 0.209 e. The number of rotatable bonds is 8. The Kier molecular flexibility index (Phi) is 5.33. The lowest BCUT2D eigenvalue weighted by molar-refractivity contribution is 0.585. The minimum Gasteiger partial charge on any atom is -0.229 e. The Balaban J connectivity index is 1.93. The average molecular weight is 247 g/mol. The minimum atomic E-state index is -3.28. The number of hydrogen-bond donors (Lipinski definition) is 2. The average Bonchev–Trinajstić information content (AvgIpc) is 2.67. The molecule has 92 valence electrons. The van der Waals surface area contributed by atoms with E-state index in [9.17, 15) is 8.42 Å². The van der Waals surface area contributed by atoms with Gasteiger partial charge in [0.2, 0.25) is 10.0 Å². The molecule has 1 rings (SSSR count). The molecule has 7 nitrogen and oxygen atoms in total. The van der Waals surface area contributed by atoms with E-state index in [1.54, 1.807) is 0 Å². The molecular formula is C8H17N5O2S. The largest absolute Gasteiger partial charge is 0.229 e. The van der Waals surface area contributed by atoms with Crippen molar-refractivity contribution in [1.29, 1.82) is 0 Å². The van der Waals surface area contributed by atoms with Crippen LogP contribution in [0.15, 0.2) is 0 Å². The molecule has 1 aromatic rings. The zero-order chi connectivity index (χ0) is 11.9. The molecule has 0 amide bonds. The Morgan fingerprint density at radius 2 is 1.81 bits per heavy atom. The highest BCUT2D eigenvalue weighted by atomic mass is 32.2. The fraction of sp³-hybridized carbons (Fsp3) is 0.875. The molecular weight excluding hydrogens is 230 g/mol. The van der Waals surface area contributed by atoms with Crippen LogP contribution in [-0.2, 0) is 16.4 Å². The number of aromatic amines is 1. The Morgan fingerprint density at radius 3 is 2.44 bits per heavy atom. The molecule has 0 saturated heterocycles. The van der Waals surface area contributed by atoms with Gasteiger partial charge in [-0.15, -0.1) is 10.2 Å². The second-order valence-corrected chi connectivity index (χ2v) is 5.45. The van der Waals surface area contributed by atoms with Gasteiger partial charge in [-0.1, -0.05) is 24.5 Å². The van der Waals surface area contributed by atoms with Crippen LogP contribution >= 0.6 is 0 Å². The van der Waals surface area contributed by atoms with Crippen LogP contribution in [0.5, 0.6) is 0 Å². The van der Waals surface area contributed by atoms with Crippen LogP contribution in [0.25, 0.3) is 0 Å². The number of nitrogens with zero attached hydrogens (tertiary/aromatic N) is 3. The van der Waals surface area contributed by atoms with Crippen molar-refractivity contribution < 1.29 is 8.42 Å². The van der Waals surface area contributed by atoms with E-state index in [0.717, 1.165) is 37.9 Å². The molecule has 0 aliphatic rings. The molecule has 0 fully saturated rings. The van der Waals surface area contributed by atoms with Crippen LogP contribution in [0.3, 0.4) is 0 Å². The number of tetrazole rings is 1. The summed E-state index contributed by atoms with van der Waals surface area (Å²) in [5.74, 6) is 0.808. The Morgan fingerprint density at radius 1 is 1.12 bits per heavy atom. The first-order valence-electron chi connectivity index (χ1n) is 5.31. The summed E-state index contributed by atoms with van der Waals surface area (Å²) in [5.41, 5.74) is 0. The summed E-state index contributed by atoms with van der Waals surface area (Å²) in [6.45, 7) is 0. The number of unbranched alkanes of at least 4 members (excludes halogenated alkanes) is 4. The maximum absolute atomic E-state index is 10.6. The lowest BCUT2D eigenvalue weighted by Gasteiger charge is -1.99. The zero-order valence-electron chi connectivity index (χ0n) is 9.09. The first kappa shape index (κ1) is 13.0. The summed E-state index contributed by atoms with van der Waals surface area (Å²) in [5, 5.41) is 18.4. The zero-order valence-corrected chi connectivity index (χ0v) is 9.91. The van der Waals surface area contributed by atoms with Crippen molar-refractivity contribution in [3.63, 3.8) is 0 Å². The van der Waals surface area contributed by atoms with Crippen molar-refractivity contribution in [1.82, 2.24) is 20.6 Å². The summed E-state index contributed by atoms with van der Waals surface area (Å²) in [6.07, 6.45) is 5.39. The predicted octanol–water partition coefficient (Wildman–Crippen LogP) is -0.0188. The van der Waals surface area contributed by atoms with Crippen LogP contribution in [0.4, 0.5) is 0 Å². The molecule has 0 saturated carbocycles. The van der Waals surface area contributed by atoms with Crippen molar-refractivity contribution in [2.75, 3.05) is 5.75 Å². The van der Waals surface area contributed by atoms with Gasteiger partial charge in [-0.05, 0) is 12.8 Å². The molecule has 0 aliphatic carbocycles. The number of nitrogens with two attached hydrogens (primary N) is 1. The van der Waals surface area contributed by atoms with Gasteiger partial charge in [-0.3, -0.25) is 0 Å². The van der Waals surface area contributed by atoms with Crippen LogP contribution < -0.4 is 5.14 Å². The van der Waals surface area contributed by atoms with Crippen LogP contribution in [0, 0.1) is 0 Å². The first-order chi connectivity index (χ1) is 7.58. The Labute approximate surface area is 94.9 Å². The molecule has 1 aromatic heterocycles. The summed E-state index contributed by atoms with van der Waals surface area (Å²) in [6, 6.07) is 0. The smallest absolute Gasteiger partial charge is 0.209 e. The van der Waals surface area contributed by atoms with E-state index in [4.69, 9.17) is 5.14 Å². The third kappa shape index (κ3) is 6.46. The number of aromatic nitrogens is 4. The fourth-order valence-electron chi connectivity index (χ4n) is 1.41. The van der Waals surface area contributed by atoms with Gasteiger partial charge in [0.15, 0.2) is 5.82 Å². The molecule has 0 spiro atoms. The number of H-pyrrole nitrogens is 1. The number of nitrogens with one attached hydrogen (secondary N) is 1. The standard InChI is InChI=1S/C8H17N5O2S/c9-16(14,15)7-5-3-1-2-4-6-8-10-12-13-11-8/h1-7H2,(H2,9,14,15)(H,10,11,12,13). The number of hydrogen-bond acceptors (Lipinski definition) is 5. The van der Waals surface area contributed by atoms with Crippen molar-refractivity contribution in [3.8, 4) is 0 Å². The van der Waals surface area contributed by atoms with E-state index in [1.165, 1.54) is 0 Å². The highest BCUT2D eigenvalue weighted by Gasteiger charge is 2.02. The molecule has 3 N–H and O–H groups in total. The molecule has 0 aliphatic heterocycles. The lowest BCUT2D eigenvalue weighted by atomic mass is 10.1. The first-order valence-corrected chi connectivity index (χ1v) is 7.02. The fourth-order valence-corrected chi connectivity index (χ4v) is 2.01. The third-order valence-corrected chi connectivity index (χ3v) is 3.08. The highest BCUT2D eigenvalue weighted by molar-refractivity contribution is 7.89. The molecule has 1 heterocycles. The van der Waals surface area contributed by atoms with Gasteiger partial charge >= 0.3 is 0 Å². The molecule has 0 radical (unpaired) electrons. The third-order valence-electron chi connectivity index (χ3n) is 2.22. The van der Waals surface area contributed by atoms with Crippen LogP contribution in [0.2, 0.25) is 0 Å². The SMILES string of the molecule is NS(=O)(=O)CCCCCCCc1nn[nH]n1.